The van der Waals surface area contributed by atoms with E-state index in [0.717, 1.165) is 34.2 Å². The Balaban J connectivity index is 0.799. The van der Waals surface area contributed by atoms with Gasteiger partial charge in [0.1, 0.15) is 36.3 Å². The van der Waals surface area contributed by atoms with Crippen LogP contribution in [0.4, 0.5) is 20.3 Å². The number of carbonyl (C=O) groups excluding carboxylic acids is 3. The van der Waals surface area contributed by atoms with E-state index in [2.05, 4.69) is 30.9 Å². The van der Waals surface area contributed by atoms with Crippen molar-refractivity contribution in [3.05, 3.63) is 117 Å². The van der Waals surface area contributed by atoms with Crippen LogP contribution in [0.5, 0.6) is 0 Å². The quantitative estimate of drug-likeness (QED) is 0.0393. The first-order valence-electron chi connectivity index (χ1n) is 25.4. The van der Waals surface area contributed by atoms with E-state index in [-0.39, 0.29) is 93.7 Å². The van der Waals surface area contributed by atoms with Crippen LogP contribution in [0, 0.1) is 24.0 Å². The predicted molar refractivity (Wildman–Crippen MR) is 289 cm³/mol. The number of rotatable bonds is 22. The molecule has 1 fully saturated rings. The van der Waals surface area contributed by atoms with E-state index in [1.54, 1.807) is 69.2 Å². The normalized spacial score (nSPS) is 16.7. The molecular weight excluding hydrogens is 1050 g/mol. The molecule has 6 heterocycles. The van der Waals surface area contributed by atoms with Gasteiger partial charge in [0.25, 0.3) is 5.56 Å². The maximum Gasteiger partial charge on any atom is 0.274 e. The van der Waals surface area contributed by atoms with Crippen molar-refractivity contribution >= 4 is 61.3 Å². The van der Waals surface area contributed by atoms with E-state index in [1.807, 2.05) is 38.1 Å². The summed E-state index contributed by atoms with van der Waals surface area (Å²) in [6.45, 7) is 9.36. The molecule has 0 radical (unpaired) electrons. The number of sulfone groups is 1. The van der Waals surface area contributed by atoms with Crippen molar-refractivity contribution in [1.29, 1.82) is 0 Å². The number of halogens is 2. The number of β-amino-alcohol motifs (C(OH)–C–C–N with tert-alkyl or cyclic N) is 1. The van der Waals surface area contributed by atoms with Gasteiger partial charge < -0.3 is 54.4 Å². The molecule has 78 heavy (non-hydrogen) atoms. The number of thiazole rings is 1. The molecule has 6 aromatic rings. The van der Waals surface area contributed by atoms with E-state index in [9.17, 15) is 42.2 Å². The minimum absolute atomic E-state index is 0.0162. The Hall–Kier alpha value is -6.51. The van der Waals surface area contributed by atoms with Gasteiger partial charge in [0.15, 0.2) is 21.5 Å². The first-order valence-corrected chi connectivity index (χ1v) is 28.3. The lowest BCUT2D eigenvalue weighted by Gasteiger charge is -2.35. The first kappa shape index (κ1) is 57.7. The Labute approximate surface area is 454 Å². The summed E-state index contributed by atoms with van der Waals surface area (Å²) in [5.41, 5.74) is 6.13. The average molecular weight is 1120 g/mol. The molecule has 5 atom stereocenters. The minimum atomic E-state index is -3.68. The van der Waals surface area contributed by atoms with Gasteiger partial charge in [0.2, 0.25) is 17.7 Å². The van der Waals surface area contributed by atoms with Crippen LogP contribution in [0.3, 0.4) is 0 Å². The summed E-state index contributed by atoms with van der Waals surface area (Å²) in [5.74, 6) is -4.02. The number of ether oxygens (including phenoxy) is 3. The molecule has 2 aliphatic heterocycles. The van der Waals surface area contributed by atoms with E-state index in [0.29, 0.717) is 33.8 Å². The SMILES string of the molecule is Cc1ncsc1-c1ccc([C@H](C)NC(=O)[C@@H]2C[C@@H](O)CN2C(=O)[C@@H](NC(=O)COCCOCCOCCNC(O)c2cc3c(cc2CS(C)(=O)=O)-c2cn(C)c(=O)c4[nH]cc(c24)CN3c2ncc(F)cc2F)C(C)(C)C)cc1. The number of nitrogens with zero attached hydrogens (tertiary/aromatic N) is 5. The molecule has 4 aromatic heterocycles. The maximum absolute atomic E-state index is 15.5. The molecular formula is C54H65F2N9O11S2. The number of aryl methyl sites for hydroxylation is 2. The van der Waals surface area contributed by atoms with Gasteiger partial charge in [-0.3, -0.25) is 24.5 Å². The number of amides is 3. The van der Waals surface area contributed by atoms with Crippen LogP contribution in [0.15, 0.2) is 71.4 Å². The second-order valence-corrected chi connectivity index (χ2v) is 23.7. The Bertz CT molecular complexity index is 3350. The summed E-state index contributed by atoms with van der Waals surface area (Å²) in [6, 6.07) is 9.27. The van der Waals surface area contributed by atoms with Crippen molar-refractivity contribution in [1.82, 2.24) is 40.4 Å². The highest BCUT2D eigenvalue weighted by molar-refractivity contribution is 7.89. The fourth-order valence-electron chi connectivity index (χ4n) is 9.76. The van der Waals surface area contributed by atoms with E-state index in [4.69, 9.17) is 14.2 Å². The van der Waals surface area contributed by atoms with Crippen molar-refractivity contribution in [3.63, 3.8) is 0 Å². The number of nitrogens with one attached hydrogen (secondary N) is 4. The third kappa shape index (κ3) is 13.3. The van der Waals surface area contributed by atoms with Crippen LogP contribution in [0.1, 0.15) is 74.3 Å². The number of fused-ring (bicyclic) bond motifs is 2. The topological polar surface area (TPSA) is 260 Å². The molecule has 3 amide bonds. The van der Waals surface area contributed by atoms with Gasteiger partial charge >= 0.3 is 0 Å². The zero-order chi connectivity index (χ0) is 56.2. The highest BCUT2D eigenvalue weighted by atomic mass is 32.2. The van der Waals surface area contributed by atoms with Crippen LogP contribution in [0.2, 0.25) is 0 Å². The molecule has 2 aliphatic rings. The van der Waals surface area contributed by atoms with Crippen molar-refractivity contribution in [2.75, 3.05) is 63.9 Å². The molecule has 0 aliphatic carbocycles. The van der Waals surface area contributed by atoms with Gasteiger partial charge in [-0.05, 0) is 53.6 Å². The van der Waals surface area contributed by atoms with Gasteiger partial charge in [-0.2, -0.15) is 0 Å². The zero-order valence-electron chi connectivity index (χ0n) is 44.4. The third-order valence-corrected chi connectivity index (χ3v) is 15.4. The van der Waals surface area contributed by atoms with Crippen molar-refractivity contribution in [2.45, 2.75) is 83.8 Å². The molecule has 0 saturated carbocycles. The summed E-state index contributed by atoms with van der Waals surface area (Å²) in [5, 5.41) is 31.5. The van der Waals surface area contributed by atoms with Gasteiger partial charge in [-0.15, -0.1) is 11.3 Å². The molecule has 24 heteroatoms. The summed E-state index contributed by atoms with van der Waals surface area (Å²) in [7, 11) is -2.10. The number of pyridine rings is 2. The van der Waals surface area contributed by atoms with E-state index in [1.165, 1.54) is 14.4 Å². The second-order valence-electron chi connectivity index (χ2n) is 20.7. The Kier molecular flexibility index (Phi) is 17.9. The fraction of sp³-hybridized carbons (Fsp3) is 0.444. The first-order chi connectivity index (χ1) is 37.0. The van der Waals surface area contributed by atoms with Crippen molar-refractivity contribution < 1.29 is 56.0 Å². The number of anilines is 2. The predicted octanol–water partition coefficient (Wildman–Crippen LogP) is 4.84. The molecule has 0 spiro atoms. The molecule has 8 rings (SSSR count). The molecule has 418 valence electrons. The number of hydrogen-bond donors (Lipinski definition) is 6. The third-order valence-electron chi connectivity index (χ3n) is 13.6. The van der Waals surface area contributed by atoms with Crippen LogP contribution >= 0.6 is 11.3 Å². The number of aliphatic hydroxyl groups excluding tert-OH is 2. The van der Waals surface area contributed by atoms with E-state index >= 15 is 4.39 Å². The smallest absolute Gasteiger partial charge is 0.274 e. The number of aliphatic hydroxyl groups is 2. The Morgan fingerprint density at radius 1 is 0.987 bits per heavy atom. The lowest BCUT2D eigenvalue weighted by Crippen LogP contribution is -2.58. The van der Waals surface area contributed by atoms with Crippen LogP contribution < -0.4 is 26.4 Å². The number of likely N-dealkylation sites (tertiary alicyclic amines) is 1. The van der Waals surface area contributed by atoms with Crippen LogP contribution in [-0.2, 0) is 57.8 Å². The monoisotopic (exact) mass is 1120 g/mol. The molecule has 0 bridgehead atoms. The number of carbonyl (C=O) groups is 3. The summed E-state index contributed by atoms with van der Waals surface area (Å²) in [6.07, 6.45) is 2.85. The lowest BCUT2D eigenvalue weighted by molar-refractivity contribution is -0.144. The van der Waals surface area contributed by atoms with Crippen molar-refractivity contribution in [2.24, 2.45) is 12.5 Å². The Morgan fingerprint density at radius 2 is 1.69 bits per heavy atom. The van der Waals surface area contributed by atoms with Crippen LogP contribution in [0.25, 0.3) is 32.5 Å². The Morgan fingerprint density at radius 3 is 2.36 bits per heavy atom. The average Bonchev–Trinajstić information content (AvgIpc) is 4.32. The number of aromatic amines is 1. The number of aromatic nitrogens is 4. The highest BCUT2D eigenvalue weighted by Gasteiger charge is 2.45. The fourth-order valence-corrected chi connectivity index (χ4v) is 11.4. The summed E-state index contributed by atoms with van der Waals surface area (Å²) < 4.78 is 73.5. The highest BCUT2D eigenvalue weighted by Crippen LogP contribution is 2.45. The summed E-state index contributed by atoms with van der Waals surface area (Å²) in [4.78, 5) is 69.4. The summed E-state index contributed by atoms with van der Waals surface area (Å²) >= 11 is 1.55. The zero-order valence-corrected chi connectivity index (χ0v) is 46.0. The molecule has 20 nitrogen and oxygen atoms in total. The van der Waals surface area contributed by atoms with Gasteiger partial charge in [0.05, 0.1) is 85.4 Å². The molecule has 1 saturated heterocycles. The second kappa shape index (κ2) is 24.2. The number of hydrogen-bond acceptors (Lipinski definition) is 16. The molecule has 1 unspecified atom stereocenters. The van der Waals surface area contributed by atoms with Crippen LogP contribution in [-0.4, -0.2) is 138 Å². The van der Waals surface area contributed by atoms with Gasteiger partial charge in [-0.1, -0.05) is 45.0 Å². The largest absolute Gasteiger partial charge is 0.391 e. The standard InChI is InChI=1S/C54H65F2N9O11S2/c1-30(32-8-10-33(11-9-32)47-31(2)60-29-77-47)61-51(69)43-20-37(66)25-65(43)53(71)48(54(3,4)5)62-44(67)27-76-17-16-75-15-14-74-13-12-57-50(68)38-21-42-39(18-34(38)28-78(7,72)73)40-26-63(6)52(70)46-45(40)35(22-58-46)24-64(42)49-41(56)19-36(55)23-59-49/h8-11,18-19,21-23,26,29-30,37,43,48,50,57-58,66,68H,12-17,20,24-25,27-28H2,1-7H3,(H,61,69)(H,62,67)/t30-,37+,43-,48+,50?/m0/s1. The van der Waals surface area contributed by atoms with Gasteiger partial charge in [-0.25, -0.2) is 27.2 Å². The maximum atomic E-state index is 15.5. The lowest BCUT2D eigenvalue weighted by atomic mass is 9.85. The number of H-pyrrole nitrogens is 1. The minimum Gasteiger partial charge on any atom is -0.391 e. The van der Waals surface area contributed by atoms with Crippen molar-refractivity contribution in [3.8, 4) is 21.6 Å². The van der Waals surface area contributed by atoms with E-state index < -0.39 is 80.8 Å². The molecule has 6 N–H and O–H groups in total. The van der Waals surface area contributed by atoms with Gasteiger partial charge in [0, 0.05) is 73.4 Å². The molecule has 2 aromatic carbocycles. The number of benzene rings is 2.